The molecular weight excluding hydrogens is 314 g/mol. The van der Waals surface area contributed by atoms with Crippen LogP contribution in [-0.4, -0.2) is 38.4 Å². The van der Waals surface area contributed by atoms with Gasteiger partial charge in [0.25, 0.3) is 0 Å². The molecule has 1 amide bonds. The Hall–Kier alpha value is -2.01. The van der Waals surface area contributed by atoms with E-state index in [-0.39, 0.29) is 6.09 Å². The summed E-state index contributed by atoms with van der Waals surface area (Å²) in [5.41, 5.74) is 3.67. The van der Waals surface area contributed by atoms with Crippen LogP contribution < -0.4 is 15.5 Å². The summed E-state index contributed by atoms with van der Waals surface area (Å²) in [6.45, 7) is 8.80. The molecule has 0 aromatic heterocycles. The predicted octanol–water partition coefficient (Wildman–Crippen LogP) is 3.24. The van der Waals surface area contributed by atoms with Crippen molar-refractivity contribution in [3.8, 4) is 0 Å². The Labute approximate surface area is 151 Å². The van der Waals surface area contributed by atoms with Crippen LogP contribution in [0.25, 0.3) is 0 Å². The van der Waals surface area contributed by atoms with Gasteiger partial charge in [-0.2, -0.15) is 0 Å². The highest BCUT2D eigenvalue weighted by Gasteiger charge is 2.15. The third kappa shape index (κ3) is 6.78. The first-order chi connectivity index (χ1) is 11.8. The third-order valence-corrected chi connectivity index (χ3v) is 4.02. The lowest BCUT2D eigenvalue weighted by Gasteiger charge is -2.27. The molecule has 2 rings (SSSR count). The molecule has 25 heavy (non-hydrogen) atoms. The van der Waals surface area contributed by atoms with E-state index in [2.05, 4.69) is 40.8 Å². The zero-order valence-electron chi connectivity index (χ0n) is 15.9. The van der Waals surface area contributed by atoms with Gasteiger partial charge in [0.1, 0.15) is 5.60 Å². The Morgan fingerprint density at radius 1 is 1.28 bits per heavy atom. The third-order valence-electron chi connectivity index (χ3n) is 4.02. The van der Waals surface area contributed by atoms with Gasteiger partial charge in [0, 0.05) is 38.9 Å². The van der Waals surface area contributed by atoms with E-state index in [0.29, 0.717) is 6.54 Å². The van der Waals surface area contributed by atoms with E-state index < -0.39 is 5.60 Å². The van der Waals surface area contributed by atoms with Crippen LogP contribution in [0.2, 0.25) is 0 Å². The van der Waals surface area contributed by atoms with Gasteiger partial charge in [-0.05, 0) is 50.8 Å². The Morgan fingerprint density at radius 2 is 2.04 bits per heavy atom. The normalized spacial score (nSPS) is 14.5. The van der Waals surface area contributed by atoms with Crippen molar-refractivity contribution < 1.29 is 9.53 Å². The molecule has 0 aliphatic carbocycles. The first-order valence-corrected chi connectivity index (χ1v) is 9.01. The summed E-state index contributed by atoms with van der Waals surface area (Å²) in [5, 5.41) is 6.11. The number of amides is 1. The molecule has 5 nitrogen and oxygen atoms in total. The molecule has 1 aliphatic heterocycles. The molecule has 0 radical (unpaired) electrons. The molecule has 1 aromatic rings. The van der Waals surface area contributed by atoms with Crippen molar-refractivity contribution in [3.63, 3.8) is 0 Å². The van der Waals surface area contributed by atoms with Crippen molar-refractivity contribution >= 4 is 11.8 Å². The molecule has 0 unspecified atom stereocenters. The summed E-state index contributed by atoms with van der Waals surface area (Å²) < 4.78 is 5.17. The van der Waals surface area contributed by atoms with Gasteiger partial charge in [-0.15, -0.1) is 0 Å². The summed E-state index contributed by atoms with van der Waals surface area (Å²) in [6, 6.07) is 6.74. The number of benzene rings is 1. The average Bonchev–Trinajstić information content (AvgIpc) is 2.52. The van der Waals surface area contributed by atoms with E-state index in [0.717, 1.165) is 19.6 Å². The molecule has 0 saturated heterocycles. The van der Waals surface area contributed by atoms with Gasteiger partial charge >= 0.3 is 6.09 Å². The predicted molar refractivity (Wildman–Crippen MR) is 103 cm³/mol. The minimum absolute atomic E-state index is 0.385. The lowest BCUT2D eigenvalue weighted by atomic mass is 9.99. The van der Waals surface area contributed by atoms with Gasteiger partial charge in [-0.3, -0.25) is 0 Å². The number of alkyl carbamates (subject to hydrolysis) is 1. The summed E-state index contributed by atoms with van der Waals surface area (Å²) in [5.74, 6) is 0. The van der Waals surface area contributed by atoms with Crippen LogP contribution in [0.1, 0.15) is 38.3 Å². The van der Waals surface area contributed by atoms with Crippen LogP contribution in [0.4, 0.5) is 10.5 Å². The van der Waals surface area contributed by atoms with E-state index in [1.807, 2.05) is 32.9 Å². The van der Waals surface area contributed by atoms with Gasteiger partial charge < -0.3 is 20.3 Å². The number of aryl methyl sites for hydroxylation is 1. The van der Waals surface area contributed by atoms with Crippen LogP contribution >= 0.6 is 0 Å². The van der Waals surface area contributed by atoms with E-state index in [1.54, 1.807) is 0 Å². The number of hydrogen-bond donors (Lipinski definition) is 2. The summed E-state index contributed by atoms with van der Waals surface area (Å²) in [4.78, 5) is 13.8. The lowest BCUT2D eigenvalue weighted by molar-refractivity contribution is 0.0534. The Bertz CT molecular complexity index is 605. The maximum atomic E-state index is 11.5. The number of anilines is 1. The zero-order chi connectivity index (χ0) is 18.3. The molecule has 2 N–H and O–H groups in total. The maximum Gasteiger partial charge on any atom is 0.407 e. The summed E-state index contributed by atoms with van der Waals surface area (Å²) in [7, 11) is 2.16. The molecule has 5 heteroatoms. The molecule has 0 saturated carbocycles. The topological polar surface area (TPSA) is 53.6 Å². The number of carbonyl (C=O) groups excluding carboxylic acids is 1. The highest BCUT2D eigenvalue weighted by atomic mass is 16.6. The monoisotopic (exact) mass is 345 g/mol. The van der Waals surface area contributed by atoms with Gasteiger partial charge in [-0.25, -0.2) is 4.79 Å². The molecule has 0 fully saturated rings. The number of nitrogens with zero attached hydrogens (tertiary/aromatic N) is 1. The first kappa shape index (κ1) is 19.3. The fraction of sp³-hybridized carbons (Fsp3) is 0.550. The largest absolute Gasteiger partial charge is 0.444 e. The van der Waals surface area contributed by atoms with Crippen molar-refractivity contribution in [2.24, 2.45) is 0 Å². The number of fused-ring (bicyclic) bond motifs is 1. The molecule has 0 atom stereocenters. The second kappa shape index (κ2) is 8.90. The second-order valence-electron chi connectivity index (χ2n) is 7.47. The maximum absolute atomic E-state index is 11.5. The van der Waals surface area contributed by atoms with Crippen LogP contribution in [0.3, 0.4) is 0 Å². The van der Waals surface area contributed by atoms with Gasteiger partial charge in [0.05, 0.1) is 0 Å². The van der Waals surface area contributed by atoms with E-state index in [4.69, 9.17) is 4.74 Å². The average molecular weight is 345 g/mol. The number of nitrogens with one attached hydrogen (secondary N) is 2. The molecule has 1 aliphatic rings. The van der Waals surface area contributed by atoms with Crippen molar-refractivity contribution in [2.75, 3.05) is 31.6 Å². The van der Waals surface area contributed by atoms with Crippen molar-refractivity contribution in [2.45, 2.75) is 45.8 Å². The number of ether oxygens (including phenoxy) is 1. The molecule has 1 aromatic carbocycles. The second-order valence-corrected chi connectivity index (χ2v) is 7.47. The molecular formula is C20H31N3O2. The number of hydrogen-bond acceptors (Lipinski definition) is 4. The summed E-state index contributed by atoms with van der Waals surface area (Å²) in [6.07, 6.45) is 5.96. The Balaban J connectivity index is 1.65. The van der Waals surface area contributed by atoms with Crippen LogP contribution in [0, 0.1) is 0 Å². The van der Waals surface area contributed by atoms with Crippen LogP contribution in [0.15, 0.2) is 30.4 Å². The fourth-order valence-electron chi connectivity index (χ4n) is 2.87. The SMILES string of the molecule is CN1CCCc2cc(CNC/C=C/CNC(=O)OC(C)(C)C)ccc21. The minimum atomic E-state index is -0.459. The standard InChI is InChI=1S/C20H31N3O2/c1-20(2,3)25-19(24)22-12-6-5-11-21-15-16-9-10-18-17(14-16)8-7-13-23(18)4/h5-6,9-10,14,21H,7-8,11-13,15H2,1-4H3,(H,22,24)/b6-5+. The zero-order valence-corrected chi connectivity index (χ0v) is 15.9. The van der Waals surface area contributed by atoms with Gasteiger partial charge in [0.2, 0.25) is 0 Å². The number of carbonyl (C=O) groups is 1. The minimum Gasteiger partial charge on any atom is -0.444 e. The van der Waals surface area contributed by atoms with Crippen LogP contribution in [-0.2, 0) is 17.7 Å². The van der Waals surface area contributed by atoms with E-state index >= 15 is 0 Å². The van der Waals surface area contributed by atoms with Crippen molar-refractivity contribution in [3.05, 3.63) is 41.5 Å². The smallest absolute Gasteiger partial charge is 0.407 e. The first-order valence-electron chi connectivity index (χ1n) is 9.01. The highest BCUT2D eigenvalue weighted by Crippen LogP contribution is 2.26. The van der Waals surface area contributed by atoms with Gasteiger partial charge in [-0.1, -0.05) is 24.3 Å². The van der Waals surface area contributed by atoms with Crippen LogP contribution in [0.5, 0.6) is 0 Å². The lowest BCUT2D eigenvalue weighted by Crippen LogP contribution is -2.32. The van der Waals surface area contributed by atoms with E-state index in [9.17, 15) is 4.79 Å². The highest BCUT2D eigenvalue weighted by molar-refractivity contribution is 5.67. The molecule has 138 valence electrons. The Kier molecular flexibility index (Phi) is 6.88. The quantitative estimate of drug-likeness (QED) is 0.614. The molecule has 0 bridgehead atoms. The number of rotatable bonds is 6. The summed E-state index contributed by atoms with van der Waals surface area (Å²) >= 11 is 0. The van der Waals surface area contributed by atoms with Gasteiger partial charge in [0.15, 0.2) is 0 Å². The molecule has 1 heterocycles. The Morgan fingerprint density at radius 3 is 2.80 bits per heavy atom. The van der Waals surface area contributed by atoms with Crippen molar-refractivity contribution in [1.29, 1.82) is 0 Å². The van der Waals surface area contributed by atoms with E-state index in [1.165, 1.54) is 29.7 Å². The van der Waals surface area contributed by atoms with Crippen molar-refractivity contribution in [1.82, 2.24) is 10.6 Å². The molecule has 0 spiro atoms. The fourth-order valence-corrected chi connectivity index (χ4v) is 2.87.